The van der Waals surface area contributed by atoms with Crippen molar-refractivity contribution in [1.82, 2.24) is 9.80 Å². The van der Waals surface area contributed by atoms with Crippen LogP contribution in [0.15, 0.2) is 0 Å². The van der Waals surface area contributed by atoms with Gasteiger partial charge in [0.1, 0.15) is 0 Å². The normalized spacial score (nSPS) is 27.3. The number of hydrogen-bond acceptors (Lipinski definition) is 3. The van der Waals surface area contributed by atoms with Crippen LogP contribution in [-0.2, 0) is 4.79 Å². The largest absolute Gasteiger partial charge is 0.392 e. The maximum Gasteiger partial charge on any atom is 0.236 e. The molecule has 2 rings (SSSR count). The molecule has 0 aromatic rings. The van der Waals surface area contributed by atoms with Crippen molar-refractivity contribution in [3.8, 4) is 0 Å². The highest BCUT2D eigenvalue weighted by atomic mass is 16.3. The van der Waals surface area contributed by atoms with E-state index in [1.807, 2.05) is 11.8 Å². The minimum atomic E-state index is -0.283. The molecule has 19 heavy (non-hydrogen) atoms. The fourth-order valence-corrected chi connectivity index (χ4v) is 3.34. The van der Waals surface area contributed by atoms with E-state index >= 15 is 0 Å². The van der Waals surface area contributed by atoms with Gasteiger partial charge < -0.3 is 10.0 Å². The molecule has 2 unspecified atom stereocenters. The number of nitrogens with zero attached hydrogens (tertiary/aromatic N) is 2. The lowest BCUT2D eigenvalue weighted by molar-refractivity contribution is -0.135. The number of piperidine rings is 2. The SMILES string of the molecule is CCC(O)C1CCCCN1CC(=O)N1CCCCC1. The van der Waals surface area contributed by atoms with Gasteiger partial charge in [-0.1, -0.05) is 13.3 Å². The van der Waals surface area contributed by atoms with Crippen LogP contribution in [0.25, 0.3) is 0 Å². The lowest BCUT2D eigenvalue weighted by atomic mass is 9.96. The molecule has 2 aliphatic rings. The van der Waals surface area contributed by atoms with E-state index in [2.05, 4.69) is 4.90 Å². The summed E-state index contributed by atoms with van der Waals surface area (Å²) in [5, 5.41) is 10.1. The van der Waals surface area contributed by atoms with Crippen LogP contribution in [0, 0.1) is 0 Å². The summed E-state index contributed by atoms with van der Waals surface area (Å²) in [5.41, 5.74) is 0. The molecule has 0 saturated carbocycles. The summed E-state index contributed by atoms with van der Waals surface area (Å²) in [6.45, 7) is 5.33. The smallest absolute Gasteiger partial charge is 0.236 e. The summed E-state index contributed by atoms with van der Waals surface area (Å²) in [4.78, 5) is 16.5. The lowest BCUT2D eigenvalue weighted by Gasteiger charge is -2.39. The number of hydrogen-bond donors (Lipinski definition) is 1. The molecule has 0 aromatic carbocycles. The highest BCUT2D eigenvalue weighted by Crippen LogP contribution is 2.21. The summed E-state index contributed by atoms with van der Waals surface area (Å²) in [5.74, 6) is 0.259. The van der Waals surface area contributed by atoms with E-state index in [0.29, 0.717) is 6.54 Å². The van der Waals surface area contributed by atoms with Crippen LogP contribution in [0.4, 0.5) is 0 Å². The van der Waals surface area contributed by atoms with Crippen molar-refractivity contribution in [1.29, 1.82) is 0 Å². The van der Waals surface area contributed by atoms with Crippen molar-refractivity contribution in [3.05, 3.63) is 0 Å². The van der Waals surface area contributed by atoms with Crippen molar-refractivity contribution in [2.24, 2.45) is 0 Å². The average molecular weight is 268 g/mol. The van der Waals surface area contributed by atoms with Gasteiger partial charge in [-0.05, 0) is 45.1 Å². The van der Waals surface area contributed by atoms with Crippen LogP contribution in [0.5, 0.6) is 0 Å². The molecule has 2 atom stereocenters. The van der Waals surface area contributed by atoms with E-state index in [4.69, 9.17) is 0 Å². The Kier molecular flexibility index (Phi) is 5.64. The van der Waals surface area contributed by atoms with Gasteiger partial charge in [-0.2, -0.15) is 0 Å². The van der Waals surface area contributed by atoms with Crippen molar-refractivity contribution < 1.29 is 9.90 Å². The van der Waals surface area contributed by atoms with Gasteiger partial charge in [0.25, 0.3) is 0 Å². The number of amides is 1. The number of carbonyl (C=O) groups excluding carboxylic acids is 1. The second-order valence-electron chi connectivity index (χ2n) is 5.95. The molecule has 2 fully saturated rings. The number of rotatable bonds is 4. The Morgan fingerprint density at radius 1 is 1.16 bits per heavy atom. The van der Waals surface area contributed by atoms with Crippen molar-refractivity contribution >= 4 is 5.91 Å². The number of carbonyl (C=O) groups is 1. The summed E-state index contributed by atoms with van der Waals surface area (Å²) in [7, 11) is 0. The first-order valence-corrected chi connectivity index (χ1v) is 7.92. The van der Waals surface area contributed by atoms with Crippen LogP contribution in [0.2, 0.25) is 0 Å². The summed E-state index contributed by atoms with van der Waals surface area (Å²) in [6.07, 6.45) is 7.40. The van der Waals surface area contributed by atoms with Crippen molar-refractivity contribution in [2.45, 2.75) is 64.0 Å². The average Bonchev–Trinajstić information content (AvgIpc) is 2.48. The summed E-state index contributed by atoms with van der Waals surface area (Å²) >= 11 is 0. The van der Waals surface area contributed by atoms with E-state index in [-0.39, 0.29) is 18.1 Å². The monoisotopic (exact) mass is 268 g/mol. The molecule has 0 bridgehead atoms. The highest BCUT2D eigenvalue weighted by Gasteiger charge is 2.30. The Hall–Kier alpha value is -0.610. The Labute approximate surface area is 116 Å². The number of aliphatic hydroxyl groups is 1. The van der Waals surface area contributed by atoms with Gasteiger partial charge in [0.15, 0.2) is 0 Å². The molecule has 4 nitrogen and oxygen atoms in total. The van der Waals surface area contributed by atoms with E-state index < -0.39 is 0 Å². The highest BCUT2D eigenvalue weighted by molar-refractivity contribution is 5.78. The third kappa shape index (κ3) is 3.93. The maximum atomic E-state index is 12.3. The molecule has 2 aliphatic heterocycles. The van der Waals surface area contributed by atoms with E-state index in [0.717, 1.165) is 51.7 Å². The molecule has 0 aromatic heterocycles. The fourth-order valence-electron chi connectivity index (χ4n) is 3.34. The molecular formula is C15H28N2O2. The second kappa shape index (κ2) is 7.25. The van der Waals surface area contributed by atoms with E-state index in [1.165, 1.54) is 12.8 Å². The Morgan fingerprint density at radius 3 is 2.53 bits per heavy atom. The molecule has 4 heteroatoms. The van der Waals surface area contributed by atoms with Crippen LogP contribution < -0.4 is 0 Å². The van der Waals surface area contributed by atoms with Crippen LogP contribution in [0.1, 0.15) is 51.9 Å². The van der Waals surface area contributed by atoms with E-state index in [1.54, 1.807) is 0 Å². The van der Waals surface area contributed by atoms with Gasteiger partial charge in [-0.3, -0.25) is 9.69 Å². The number of aliphatic hydroxyl groups excluding tert-OH is 1. The molecule has 2 saturated heterocycles. The minimum absolute atomic E-state index is 0.187. The molecule has 1 N–H and O–H groups in total. The van der Waals surface area contributed by atoms with Crippen molar-refractivity contribution in [2.75, 3.05) is 26.2 Å². The molecule has 0 radical (unpaired) electrons. The molecule has 0 spiro atoms. The van der Waals surface area contributed by atoms with Crippen molar-refractivity contribution in [3.63, 3.8) is 0 Å². The molecule has 1 amide bonds. The van der Waals surface area contributed by atoms with Gasteiger partial charge in [-0.15, -0.1) is 0 Å². The second-order valence-corrected chi connectivity index (χ2v) is 5.95. The topological polar surface area (TPSA) is 43.8 Å². The quantitative estimate of drug-likeness (QED) is 0.842. The van der Waals surface area contributed by atoms with Gasteiger partial charge >= 0.3 is 0 Å². The Bertz CT molecular complexity index is 290. The zero-order valence-electron chi connectivity index (χ0n) is 12.2. The Balaban J connectivity index is 1.89. The summed E-state index contributed by atoms with van der Waals surface area (Å²) in [6, 6.07) is 0.187. The predicted octanol–water partition coefficient (Wildman–Crippen LogP) is 1.62. The first-order chi connectivity index (χ1) is 9.22. The third-order valence-corrected chi connectivity index (χ3v) is 4.57. The molecular weight excluding hydrogens is 240 g/mol. The zero-order valence-corrected chi connectivity index (χ0v) is 12.2. The van der Waals surface area contributed by atoms with Crippen LogP contribution in [-0.4, -0.2) is 59.1 Å². The Morgan fingerprint density at radius 2 is 1.84 bits per heavy atom. The summed E-state index contributed by atoms with van der Waals surface area (Å²) < 4.78 is 0. The van der Waals surface area contributed by atoms with Crippen LogP contribution in [0.3, 0.4) is 0 Å². The van der Waals surface area contributed by atoms with E-state index in [9.17, 15) is 9.90 Å². The van der Waals surface area contributed by atoms with Crippen LogP contribution >= 0.6 is 0 Å². The van der Waals surface area contributed by atoms with Gasteiger partial charge in [0.2, 0.25) is 5.91 Å². The molecule has 0 aliphatic carbocycles. The fraction of sp³-hybridized carbons (Fsp3) is 0.933. The predicted molar refractivity (Wildman–Crippen MR) is 75.9 cm³/mol. The first-order valence-electron chi connectivity index (χ1n) is 7.92. The standard InChI is InChI=1S/C15H28N2O2/c1-2-14(18)13-8-4-7-11-17(13)12-15(19)16-9-5-3-6-10-16/h13-14,18H,2-12H2,1H3. The zero-order chi connectivity index (χ0) is 13.7. The van der Waals surface area contributed by atoms with Gasteiger partial charge in [0.05, 0.1) is 12.6 Å². The van der Waals surface area contributed by atoms with Gasteiger partial charge in [-0.25, -0.2) is 0 Å². The van der Waals surface area contributed by atoms with Gasteiger partial charge in [0, 0.05) is 19.1 Å². The third-order valence-electron chi connectivity index (χ3n) is 4.57. The first kappa shape index (κ1) is 14.8. The minimum Gasteiger partial charge on any atom is -0.392 e. The molecule has 2 heterocycles. The number of likely N-dealkylation sites (tertiary alicyclic amines) is 2. The lowest BCUT2D eigenvalue weighted by Crippen LogP contribution is -2.51. The maximum absolute atomic E-state index is 12.3. The molecule has 110 valence electrons.